The Morgan fingerprint density at radius 1 is 0.917 bits per heavy atom. The van der Waals surface area contributed by atoms with Crippen LogP contribution in [-0.2, 0) is 30.4 Å². The molecule has 13 heteroatoms. The van der Waals surface area contributed by atoms with Crippen LogP contribution >= 0.6 is 12.6 Å². The Balaban J connectivity index is 2.96. The van der Waals surface area contributed by atoms with Gasteiger partial charge in [-0.2, -0.15) is 12.6 Å². The molecule has 0 aliphatic rings. The van der Waals surface area contributed by atoms with Crippen molar-refractivity contribution in [2.75, 3.05) is 5.75 Å². The number of hydrogen-bond donors (Lipinski definition) is 8. The summed E-state index contributed by atoms with van der Waals surface area (Å²) in [5.41, 5.74) is 11.9. The Labute approximate surface area is 215 Å². The summed E-state index contributed by atoms with van der Waals surface area (Å²) in [6.07, 6.45) is -0.0294. The van der Waals surface area contributed by atoms with Crippen LogP contribution in [0.3, 0.4) is 0 Å². The van der Waals surface area contributed by atoms with Crippen LogP contribution in [0.4, 0.5) is 0 Å². The summed E-state index contributed by atoms with van der Waals surface area (Å²) >= 11 is 3.89. The van der Waals surface area contributed by atoms with E-state index in [1.54, 1.807) is 12.1 Å². The zero-order valence-electron chi connectivity index (χ0n) is 20.3. The topological polar surface area (TPSA) is 214 Å². The molecular weight excluding hydrogens is 490 g/mol. The molecule has 1 rings (SSSR count). The lowest BCUT2D eigenvalue weighted by Gasteiger charge is -2.25. The van der Waals surface area contributed by atoms with Gasteiger partial charge in [0.25, 0.3) is 0 Å². The number of thiol groups is 1. The number of benzene rings is 1. The number of phenols is 1. The third-order valence-corrected chi connectivity index (χ3v) is 5.54. The largest absolute Gasteiger partial charge is 0.508 e. The van der Waals surface area contributed by atoms with Gasteiger partial charge in [0.15, 0.2) is 0 Å². The van der Waals surface area contributed by atoms with E-state index in [9.17, 15) is 29.1 Å². The van der Waals surface area contributed by atoms with Crippen molar-refractivity contribution in [2.45, 2.75) is 63.7 Å². The predicted molar refractivity (Wildman–Crippen MR) is 135 cm³/mol. The number of primary amides is 1. The van der Waals surface area contributed by atoms with E-state index in [0.29, 0.717) is 5.56 Å². The number of nitrogens with one attached hydrogen (secondary N) is 3. The molecule has 0 radical (unpaired) electrons. The maximum absolute atomic E-state index is 13.1. The number of aromatic hydroxyl groups is 1. The minimum Gasteiger partial charge on any atom is -0.508 e. The highest BCUT2D eigenvalue weighted by Crippen LogP contribution is 2.12. The summed E-state index contributed by atoms with van der Waals surface area (Å²) in [6.45, 7) is 3.68. The zero-order valence-corrected chi connectivity index (χ0v) is 21.2. The van der Waals surface area contributed by atoms with E-state index in [1.165, 1.54) is 12.1 Å². The predicted octanol–water partition coefficient (Wildman–Crippen LogP) is -0.958. The summed E-state index contributed by atoms with van der Waals surface area (Å²) in [7, 11) is 0. The minimum absolute atomic E-state index is 0.0205. The number of aliphatic carboxylic acids is 1. The van der Waals surface area contributed by atoms with Crippen molar-refractivity contribution >= 4 is 42.2 Å². The molecule has 0 aliphatic heterocycles. The van der Waals surface area contributed by atoms with E-state index in [0.717, 1.165) is 0 Å². The molecule has 4 unspecified atom stereocenters. The number of nitrogens with two attached hydrogens (primary N) is 2. The summed E-state index contributed by atoms with van der Waals surface area (Å²) in [6, 6.07) is 1.56. The average molecular weight is 526 g/mol. The first-order valence-corrected chi connectivity index (χ1v) is 12.0. The summed E-state index contributed by atoms with van der Waals surface area (Å²) in [5, 5.41) is 25.9. The second-order valence-electron chi connectivity index (χ2n) is 8.82. The SMILES string of the molecule is CC(C)CC(NC(=O)C(N)Cc1ccc(O)cc1)C(=O)NC(CCC(N)=O)C(=O)NC(CS)C(=O)O. The first kappa shape index (κ1) is 30.7. The molecule has 1 aromatic carbocycles. The van der Waals surface area contributed by atoms with E-state index < -0.39 is 53.8 Å². The van der Waals surface area contributed by atoms with E-state index in [4.69, 9.17) is 16.6 Å². The number of phenolic OH excluding ortho intramolecular Hbond substituents is 1. The van der Waals surface area contributed by atoms with Gasteiger partial charge in [0, 0.05) is 12.2 Å². The van der Waals surface area contributed by atoms with Crippen molar-refractivity contribution in [1.82, 2.24) is 16.0 Å². The molecule has 0 heterocycles. The zero-order chi connectivity index (χ0) is 27.4. The molecule has 4 amide bonds. The lowest BCUT2D eigenvalue weighted by molar-refractivity contribution is -0.141. The van der Waals surface area contributed by atoms with Crippen LogP contribution < -0.4 is 27.4 Å². The molecule has 36 heavy (non-hydrogen) atoms. The quantitative estimate of drug-likeness (QED) is 0.133. The fourth-order valence-electron chi connectivity index (χ4n) is 3.25. The number of hydrogen-bond acceptors (Lipinski definition) is 8. The normalized spacial score (nSPS) is 14.2. The van der Waals surface area contributed by atoms with Crippen molar-refractivity contribution in [3.05, 3.63) is 29.8 Å². The molecule has 0 bridgehead atoms. The Kier molecular flexibility index (Phi) is 12.7. The monoisotopic (exact) mass is 525 g/mol. The number of carboxylic acid groups (broad SMARTS) is 1. The first-order chi connectivity index (χ1) is 16.8. The smallest absolute Gasteiger partial charge is 0.327 e. The van der Waals surface area contributed by atoms with Gasteiger partial charge >= 0.3 is 5.97 Å². The fourth-order valence-corrected chi connectivity index (χ4v) is 3.49. The molecule has 0 aromatic heterocycles. The van der Waals surface area contributed by atoms with E-state index >= 15 is 0 Å². The molecule has 0 fully saturated rings. The Morgan fingerprint density at radius 2 is 1.44 bits per heavy atom. The van der Waals surface area contributed by atoms with E-state index in [2.05, 4.69) is 28.6 Å². The number of carbonyl (C=O) groups is 5. The van der Waals surface area contributed by atoms with Crippen LogP contribution in [0.1, 0.15) is 38.7 Å². The van der Waals surface area contributed by atoms with Crippen LogP contribution in [0, 0.1) is 5.92 Å². The highest BCUT2D eigenvalue weighted by Gasteiger charge is 2.30. The molecule has 200 valence electrons. The minimum atomic E-state index is -1.31. The first-order valence-electron chi connectivity index (χ1n) is 11.4. The van der Waals surface area contributed by atoms with Crippen molar-refractivity contribution in [3.8, 4) is 5.75 Å². The van der Waals surface area contributed by atoms with Gasteiger partial charge in [-0.1, -0.05) is 26.0 Å². The van der Waals surface area contributed by atoms with E-state index in [-0.39, 0.29) is 43.1 Å². The highest BCUT2D eigenvalue weighted by molar-refractivity contribution is 7.80. The molecule has 1 aromatic rings. The molecular formula is C23H35N5O7S. The van der Waals surface area contributed by atoms with Gasteiger partial charge in [-0.3, -0.25) is 19.2 Å². The number of carbonyl (C=O) groups excluding carboxylic acids is 4. The maximum atomic E-state index is 13.1. The van der Waals surface area contributed by atoms with Crippen LogP contribution in [0.5, 0.6) is 5.75 Å². The lowest BCUT2D eigenvalue weighted by atomic mass is 10.0. The fraction of sp³-hybridized carbons (Fsp3) is 0.522. The van der Waals surface area contributed by atoms with Crippen molar-refractivity contribution in [1.29, 1.82) is 0 Å². The summed E-state index contributed by atoms with van der Waals surface area (Å²) in [5.74, 6) is -4.28. The Hall–Kier alpha value is -3.32. The van der Waals surface area contributed by atoms with Crippen molar-refractivity contribution in [3.63, 3.8) is 0 Å². The standard InChI is InChI=1S/C23H35N5O7S/c1-12(2)9-17(27-20(31)15(24)10-13-3-5-14(29)6-4-13)22(33)26-16(7-8-19(25)30)21(32)28-18(11-36)23(34)35/h3-6,12,15-18,29,36H,7-11,24H2,1-2H3,(H2,25,30)(H,26,33)(H,27,31)(H,28,32)(H,34,35). The van der Waals surface area contributed by atoms with Gasteiger partial charge in [0.2, 0.25) is 23.6 Å². The third-order valence-electron chi connectivity index (χ3n) is 5.18. The van der Waals surface area contributed by atoms with Crippen molar-refractivity contribution < 1.29 is 34.2 Å². The summed E-state index contributed by atoms with van der Waals surface area (Å²) < 4.78 is 0. The molecule has 4 atom stereocenters. The second-order valence-corrected chi connectivity index (χ2v) is 9.18. The number of rotatable bonds is 15. The Morgan fingerprint density at radius 3 is 1.94 bits per heavy atom. The molecule has 0 saturated heterocycles. The molecule has 0 aliphatic carbocycles. The van der Waals surface area contributed by atoms with Gasteiger partial charge in [0.1, 0.15) is 23.9 Å². The lowest BCUT2D eigenvalue weighted by Crippen LogP contribution is -2.57. The number of carboxylic acids is 1. The maximum Gasteiger partial charge on any atom is 0.327 e. The van der Waals surface area contributed by atoms with Crippen LogP contribution in [-0.4, -0.2) is 69.7 Å². The van der Waals surface area contributed by atoms with Crippen molar-refractivity contribution in [2.24, 2.45) is 17.4 Å². The van der Waals surface area contributed by atoms with Gasteiger partial charge in [-0.15, -0.1) is 0 Å². The average Bonchev–Trinajstić information content (AvgIpc) is 2.80. The Bertz CT molecular complexity index is 926. The van der Waals surface area contributed by atoms with Crippen LogP contribution in [0.25, 0.3) is 0 Å². The molecule has 9 N–H and O–H groups in total. The summed E-state index contributed by atoms with van der Waals surface area (Å²) in [4.78, 5) is 60.9. The third kappa shape index (κ3) is 11.0. The van der Waals surface area contributed by atoms with Gasteiger partial charge < -0.3 is 37.6 Å². The van der Waals surface area contributed by atoms with E-state index in [1.807, 2.05) is 13.8 Å². The van der Waals surface area contributed by atoms with Gasteiger partial charge in [0.05, 0.1) is 6.04 Å². The molecule has 12 nitrogen and oxygen atoms in total. The molecule has 0 spiro atoms. The van der Waals surface area contributed by atoms with Gasteiger partial charge in [-0.05, 0) is 42.9 Å². The number of amides is 4. The van der Waals surface area contributed by atoms with Gasteiger partial charge in [-0.25, -0.2) is 4.79 Å². The van der Waals surface area contributed by atoms with Crippen LogP contribution in [0.15, 0.2) is 24.3 Å². The molecule has 0 saturated carbocycles. The van der Waals surface area contributed by atoms with Crippen LogP contribution in [0.2, 0.25) is 0 Å². The highest BCUT2D eigenvalue weighted by atomic mass is 32.1. The second kappa shape index (κ2) is 14.9.